The zero-order valence-corrected chi connectivity index (χ0v) is 44.8. The number of carbonyl (C=O) groups is 2. The summed E-state index contributed by atoms with van der Waals surface area (Å²) in [5.41, 5.74) is 0. The SMILES string of the molecule is CCCCC/C=C\C/C=C\C/C=C\CCCCCCCCC(=O)OC(CCCCCCC/C=C\CCCCCC)CC(=O)NC(CO)C(O)CCCCCCCCCCCCCCCCCC. The van der Waals surface area contributed by atoms with Crippen LogP contribution in [0.3, 0.4) is 0 Å². The van der Waals surface area contributed by atoms with Crippen molar-refractivity contribution in [3.8, 4) is 0 Å². The highest BCUT2D eigenvalue weighted by Gasteiger charge is 2.24. The quantitative estimate of drug-likeness (QED) is 0.0321. The summed E-state index contributed by atoms with van der Waals surface area (Å²) in [6, 6.07) is -0.707. The molecular formula is C61H113NO5. The molecule has 6 nitrogen and oxygen atoms in total. The van der Waals surface area contributed by atoms with E-state index >= 15 is 0 Å². The second-order valence-electron chi connectivity index (χ2n) is 20.0. The predicted octanol–water partition coefficient (Wildman–Crippen LogP) is 18.2. The van der Waals surface area contributed by atoms with E-state index in [9.17, 15) is 19.8 Å². The molecule has 3 N–H and O–H groups in total. The number of aliphatic hydroxyl groups is 2. The van der Waals surface area contributed by atoms with Crippen LogP contribution in [0.15, 0.2) is 48.6 Å². The Morgan fingerprint density at radius 1 is 0.433 bits per heavy atom. The first-order chi connectivity index (χ1) is 33.0. The van der Waals surface area contributed by atoms with E-state index in [4.69, 9.17) is 4.74 Å². The van der Waals surface area contributed by atoms with Gasteiger partial charge in [-0.05, 0) is 89.9 Å². The highest BCUT2D eigenvalue weighted by Crippen LogP contribution is 2.18. The van der Waals surface area contributed by atoms with E-state index in [0.717, 1.165) is 83.5 Å². The van der Waals surface area contributed by atoms with Crippen LogP contribution in [0.2, 0.25) is 0 Å². The van der Waals surface area contributed by atoms with Gasteiger partial charge in [0.15, 0.2) is 0 Å². The van der Waals surface area contributed by atoms with Crippen molar-refractivity contribution in [1.82, 2.24) is 5.32 Å². The van der Waals surface area contributed by atoms with Crippen LogP contribution in [-0.4, -0.2) is 46.9 Å². The van der Waals surface area contributed by atoms with Gasteiger partial charge in [0.25, 0.3) is 0 Å². The van der Waals surface area contributed by atoms with Gasteiger partial charge in [-0.1, -0.05) is 249 Å². The van der Waals surface area contributed by atoms with Crippen LogP contribution in [0.4, 0.5) is 0 Å². The third-order valence-corrected chi connectivity index (χ3v) is 13.4. The normalized spacial score (nSPS) is 13.4. The molecule has 0 aromatic heterocycles. The minimum absolute atomic E-state index is 0.0678. The standard InChI is InChI=1S/C61H113NO5/c1-4-7-10-13-16-19-22-25-27-29-30-31-33-36-39-42-45-48-51-54-61(66)67-57(52-49-46-43-40-37-34-24-21-18-15-12-9-6-3)55-60(65)62-58(56-63)59(64)53-50-47-44-41-38-35-32-28-26-23-20-17-14-11-8-5-2/h16,19,21,24-25,27,30-31,57-59,63-64H,4-15,17-18,20,22-23,26,28-29,32-56H2,1-3H3,(H,62,65)/b19-16-,24-21-,27-25-,31-30-. The Morgan fingerprint density at radius 3 is 1.21 bits per heavy atom. The van der Waals surface area contributed by atoms with Gasteiger partial charge in [0.1, 0.15) is 6.10 Å². The molecule has 392 valence electrons. The maximum absolute atomic E-state index is 13.3. The van der Waals surface area contributed by atoms with E-state index in [1.54, 1.807) is 0 Å². The van der Waals surface area contributed by atoms with Crippen molar-refractivity contribution in [1.29, 1.82) is 0 Å². The average molecular weight is 941 g/mol. The van der Waals surface area contributed by atoms with Crippen LogP contribution >= 0.6 is 0 Å². The Bertz CT molecular complexity index is 1150. The van der Waals surface area contributed by atoms with Crippen LogP contribution in [0.25, 0.3) is 0 Å². The first-order valence-electron chi connectivity index (χ1n) is 29.4. The lowest BCUT2D eigenvalue weighted by atomic mass is 10.0. The largest absolute Gasteiger partial charge is 0.462 e. The Kier molecular flexibility index (Phi) is 53.0. The molecule has 6 heteroatoms. The van der Waals surface area contributed by atoms with Gasteiger partial charge in [0, 0.05) is 6.42 Å². The third-order valence-electron chi connectivity index (χ3n) is 13.4. The minimum Gasteiger partial charge on any atom is -0.462 e. The number of aliphatic hydroxyl groups excluding tert-OH is 2. The van der Waals surface area contributed by atoms with Crippen molar-refractivity contribution in [2.75, 3.05) is 6.61 Å². The van der Waals surface area contributed by atoms with Gasteiger partial charge >= 0.3 is 5.97 Å². The zero-order valence-electron chi connectivity index (χ0n) is 44.8. The van der Waals surface area contributed by atoms with Gasteiger partial charge in [-0.15, -0.1) is 0 Å². The van der Waals surface area contributed by atoms with Crippen molar-refractivity contribution in [3.05, 3.63) is 48.6 Å². The van der Waals surface area contributed by atoms with Crippen molar-refractivity contribution in [2.24, 2.45) is 0 Å². The number of esters is 1. The van der Waals surface area contributed by atoms with Crippen LogP contribution in [0.1, 0.15) is 303 Å². The molecule has 0 aliphatic heterocycles. The molecule has 3 unspecified atom stereocenters. The molecule has 0 radical (unpaired) electrons. The van der Waals surface area contributed by atoms with Crippen molar-refractivity contribution in [3.63, 3.8) is 0 Å². The number of ether oxygens (including phenoxy) is 1. The first-order valence-corrected chi connectivity index (χ1v) is 29.4. The van der Waals surface area contributed by atoms with E-state index in [0.29, 0.717) is 19.3 Å². The molecule has 0 aromatic rings. The van der Waals surface area contributed by atoms with E-state index in [1.807, 2.05) is 0 Å². The summed E-state index contributed by atoms with van der Waals surface area (Å²) in [7, 11) is 0. The summed E-state index contributed by atoms with van der Waals surface area (Å²) in [6.07, 6.45) is 67.4. The van der Waals surface area contributed by atoms with Gasteiger partial charge in [-0.25, -0.2) is 0 Å². The Morgan fingerprint density at radius 2 is 0.761 bits per heavy atom. The molecule has 0 aliphatic carbocycles. The molecule has 0 saturated carbocycles. The summed E-state index contributed by atoms with van der Waals surface area (Å²) >= 11 is 0. The molecule has 0 aromatic carbocycles. The molecular weight excluding hydrogens is 827 g/mol. The molecule has 67 heavy (non-hydrogen) atoms. The highest BCUT2D eigenvalue weighted by molar-refractivity contribution is 5.77. The van der Waals surface area contributed by atoms with Crippen LogP contribution < -0.4 is 5.32 Å². The summed E-state index contributed by atoms with van der Waals surface area (Å²) in [5.74, 6) is -0.486. The van der Waals surface area contributed by atoms with Gasteiger partial charge in [-0.2, -0.15) is 0 Å². The lowest BCUT2D eigenvalue weighted by Gasteiger charge is -2.24. The molecule has 3 atom stereocenters. The molecule has 0 heterocycles. The van der Waals surface area contributed by atoms with Gasteiger partial charge in [0.05, 0.1) is 25.2 Å². The number of unbranched alkanes of at least 4 members (excludes halogenated alkanes) is 33. The van der Waals surface area contributed by atoms with E-state index < -0.39 is 18.2 Å². The number of amides is 1. The van der Waals surface area contributed by atoms with E-state index in [-0.39, 0.29) is 24.9 Å². The van der Waals surface area contributed by atoms with Crippen molar-refractivity contribution < 1.29 is 24.5 Å². The smallest absolute Gasteiger partial charge is 0.306 e. The number of nitrogens with one attached hydrogen (secondary N) is 1. The Balaban J connectivity index is 4.53. The molecule has 0 bridgehead atoms. The van der Waals surface area contributed by atoms with Crippen LogP contribution in [0, 0.1) is 0 Å². The van der Waals surface area contributed by atoms with Crippen LogP contribution in [-0.2, 0) is 14.3 Å². The number of hydrogen-bond acceptors (Lipinski definition) is 5. The molecule has 0 fully saturated rings. The average Bonchev–Trinajstić information content (AvgIpc) is 3.32. The highest BCUT2D eigenvalue weighted by atomic mass is 16.5. The molecule has 0 saturated heterocycles. The maximum atomic E-state index is 13.3. The first kappa shape index (κ1) is 64.8. The topological polar surface area (TPSA) is 95.9 Å². The zero-order chi connectivity index (χ0) is 48.8. The fraction of sp³-hybridized carbons (Fsp3) is 0.836. The number of allylic oxidation sites excluding steroid dienone is 8. The summed E-state index contributed by atoms with van der Waals surface area (Å²) in [4.78, 5) is 26.3. The van der Waals surface area contributed by atoms with E-state index in [1.165, 1.54) is 173 Å². The summed E-state index contributed by atoms with van der Waals surface area (Å²) in [6.45, 7) is 6.47. The second kappa shape index (κ2) is 54.8. The van der Waals surface area contributed by atoms with Crippen LogP contribution in [0.5, 0.6) is 0 Å². The molecule has 0 spiro atoms. The molecule has 0 rings (SSSR count). The summed E-state index contributed by atoms with van der Waals surface area (Å²) in [5, 5.41) is 23.9. The van der Waals surface area contributed by atoms with E-state index in [2.05, 4.69) is 74.7 Å². The van der Waals surface area contributed by atoms with Gasteiger partial charge in [-0.3, -0.25) is 9.59 Å². The second-order valence-corrected chi connectivity index (χ2v) is 20.0. The Labute approximate surface area is 416 Å². The monoisotopic (exact) mass is 940 g/mol. The predicted molar refractivity (Wildman–Crippen MR) is 292 cm³/mol. The summed E-state index contributed by atoms with van der Waals surface area (Å²) < 4.78 is 5.95. The number of hydrogen-bond donors (Lipinski definition) is 3. The third kappa shape index (κ3) is 50.0. The fourth-order valence-corrected chi connectivity index (χ4v) is 8.90. The number of carbonyl (C=O) groups excluding carboxylic acids is 2. The van der Waals surface area contributed by atoms with Crippen molar-refractivity contribution >= 4 is 11.9 Å². The fourth-order valence-electron chi connectivity index (χ4n) is 8.90. The van der Waals surface area contributed by atoms with Gasteiger partial charge in [0.2, 0.25) is 5.91 Å². The number of rotatable bonds is 53. The minimum atomic E-state index is -0.793. The molecule has 1 amide bonds. The van der Waals surface area contributed by atoms with Crippen molar-refractivity contribution in [2.45, 2.75) is 322 Å². The maximum Gasteiger partial charge on any atom is 0.306 e. The van der Waals surface area contributed by atoms with Gasteiger partial charge < -0.3 is 20.3 Å². The Hall–Kier alpha value is -2.18. The molecule has 0 aliphatic rings. The lowest BCUT2D eigenvalue weighted by molar-refractivity contribution is -0.151. The lowest BCUT2D eigenvalue weighted by Crippen LogP contribution is -2.46.